The molecule has 4 aliphatic heterocycles. The van der Waals surface area contributed by atoms with Gasteiger partial charge in [0.05, 0.1) is 18.4 Å². The molecule has 1 N–H and O–H groups in total. The molecule has 4 heterocycles. The van der Waals surface area contributed by atoms with Crippen molar-refractivity contribution in [2.75, 3.05) is 26.1 Å². The highest BCUT2D eigenvalue weighted by atomic mass is 16.6. The highest BCUT2D eigenvalue weighted by Crippen LogP contribution is 2.75. The Morgan fingerprint density at radius 2 is 2.15 bits per heavy atom. The first-order valence-corrected chi connectivity index (χ1v) is 9.69. The molecule has 0 unspecified atom stereocenters. The third-order valence-corrected chi connectivity index (χ3v) is 7.94. The molecule has 0 radical (unpaired) electrons. The second-order valence-electron chi connectivity index (χ2n) is 8.39. The van der Waals surface area contributed by atoms with Crippen molar-refractivity contribution in [3.63, 3.8) is 0 Å². The third kappa shape index (κ3) is 1.39. The van der Waals surface area contributed by atoms with Crippen LogP contribution in [-0.4, -0.2) is 49.3 Å². The van der Waals surface area contributed by atoms with Crippen LogP contribution in [0.4, 0.5) is 5.69 Å². The van der Waals surface area contributed by atoms with E-state index in [-0.39, 0.29) is 24.0 Å². The van der Waals surface area contributed by atoms with Crippen molar-refractivity contribution >= 4 is 11.7 Å². The minimum atomic E-state index is -0.766. The summed E-state index contributed by atoms with van der Waals surface area (Å²) in [6.07, 6.45) is 3.59. The molecule has 1 saturated carbocycles. The Morgan fingerprint density at radius 3 is 2.89 bits per heavy atom. The quantitative estimate of drug-likeness (QED) is 0.638. The number of methoxy groups -OCH3 is 2. The van der Waals surface area contributed by atoms with Crippen molar-refractivity contribution in [2.24, 2.45) is 11.8 Å². The normalized spacial score (nSPS) is 47.1. The Bertz CT molecular complexity index is 900. The van der Waals surface area contributed by atoms with Gasteiger partial charge in [0.2, 0.25) is 0 Å². The van der Waals surface area contributed by atoms with Crippen LogP contribution in [0.1, 0.15) is 25.3 Å². The molecule has 0 aromatic heterocycles. The number of ether oxygens (including phenoxy) is 3. The summed E-state index contributed by atoms with van der Waals surface area (Å²) in [5, 5.41) is 3.70. The number of carbonyl (C=O) groups excluding carboxylic acids is 1. The zero-order valence-electron chi connectivity index (χ0n) is 15.8. The second-order valence-corrected chi connectivity index (χ2v) is 8.39. The Balaban J connectivity index is 1.70. The number of anilines is 1. The van der Waals surface area contributed by atoms with Crippen LogP contribution in [-0.2, 0) is 24.4 Å². The number of carbonyl (C=O) groups is 1. The van der Waals surface area contributed by atoms with Gasteiger partial charge >= 0.3 is 5.97 Å². The number of hydrogen-bond donors (Lipinski definition) is 1. The Labute approximate surface area is 158 Å². The van der Waals surface area contributed by atoms with Gasteiger partial charge in [-0.2, -0.15) is 0 Å². The van der Waals surface area contributed by atoms with Gasteiger partial charge in [-0.05, 0) is 24.5 Å². The molecule has 142 valence electrons. The van der Waals surface area contributed by atoms with Crippen LogP contribution >= 0.6 is 0 Å². The fourth-order valence-corrected chi connectivity index (χ4v) is 7.09. The summed E-state index contributed by atoms with van der Waals surface area (Å²) in [5.41, 5.74) is 1.63. The summed E-state index contributed by atoms with van der Waals surface area (Å²) in [6.45, 7) is 2.83. The van der Waals surface area contributed by atoms with Gasteiger partial charge in [-0.1, -0.05) is 29.8 Å². The maximum atomic E-state index is 13.2. The smallest absolute Gasteiger partial charge is 0.310 e. The Morgan fingerprint density at radius 1 is 1.33 bits per heavy atom. The molecule has 6 heteroatoms. The standard InChI is InChI=1S/C21H24N2O4/c1-4-12-11-23-16-10-19-14-7-5-6-8-15(14)22-21(19,27-16)20(23,26-3)9-13(12)17(19)18(24)25-2/h4-8,13,16-17,22H,9-11H2,1-3H3/t13-,16-,17-,19-,20+,21+/m0/s1. The van der Waals surface area contributed by atoms with Crippen LogP contribution in [0.3, 0.4) is 0 Å². The number of piperidine rings is 2. The van der Waals surface area contributed by atoms with E-state index in [2.05, 4.69) is 35.3 Å². The molecule has 1 aliphatic carbocycles. The molecule has 6 atom stereocenters. The summed E-state index contributed by atoms with van der Waals surface area (Å²) >= 11 is 0. The van der Waals surface area contributed by atoms with Crippen LogP contribution in [0.25, 0.3) is 0 Å². The first-order chi connectivity index (χ1) is 13.1. The summed E-state index contributed by atoms with van der Waals surface area (Å²) < 4.78 is 18.4. The average molecular weight is 368 g/mol. The number of fused-ring (bicyclic) bond motifs is 4. The monoisotopic (exact) mass is 368 g/mol. The SMILES string of the molecule is CC=C1CN2[C@@H]3C[C@@]45c6ccccc6N[C@]4(O3)[C@]2(OC)C[C@@H]1[C@H]5C(=O)OC. The van der Waals surface area contributed by atoms with Gasteiger partial charge in [-0.15, -0.1) is 0 Å². The van der Waals surface area contributed by atoms with Crippen molar-refractivity contribution in [3.05, 3.63) is 41.5 Å². The molecule has 1 aromatic rings. The van der Waals surface area contributed by atoms with Crippen LogP contribution < -0.4 is 5.32 Å². The van der Waals surface area contributed by atoms with Gasteiger partial charge in [-0.3, -0.25) is 4.79 Å². The summed E-state index contributed by atoms with van der Waals surface area (Å²) in [5.74, 6) is -0.352. The number of nitrogens with one attached hydrogen (secondary N) is 1. The molecule has 4 bridgehead atoms. The second kappa shape index (κ2) is 4.74. The van der Waals surface area contributed by atoms with E-state index in [1.54, 1.807) is 7.11 Å². The van der Waals surface area contributed by atoms with E-state index in [0.29, 0.717) is 0 Å². The third-order valence-electron chi connectivity index (χ3n) is 7.94. The van der Waals surface area contributed by atoms with E-state index in [1.165, 1.54) is 12.7 Å². The van der Waals surface area contributed by atoms with Gasteiger partial charge < -0.3 is 19.5 Å². The van der Waals surface area contributed by atoms with Crippen LogP contribution in [0.5, 0.6) is 0 Å². The molecule has 4 fully saturated rings. The van der Waals surface area contributed by atoms with Crippen LogP contribution in [0.15, 0.2) is 35.9 Å². The van der Waals surface area contributed by atoms with Crippen molar-refractivity contribution in [3.8, 4) is 0 Å². The van der Waals surface area contributed by atoms with E-state index in [1.807, 2.05) is 12.1 Å². The van der Waals surface area contributed by atoms with E-state index in [4.69, 9.17) is 14.2 Å². The minimum Gasteiger partial charge on any atom is -0.469 e. The number of benzene rings is 1. The van der Waals surface area contributed by atoms with Crippen LogP contribution in [0, 0.1) is 11.8 Å². The Hall–Kier alpha value is -1.89. The Kier molecular flexibility index (Phi) is 2.83. The first-order valence-electron chi connectivity index (χ1n) is 9.69. The number of allylic oxidation sites excluding steroid dienone is 1. The highest BCUT2D eigenvalue weighted by Gasteiger charge is 2.88. The molecule has 1 aromatic carbocycles. The predicted molar refractivity (Wildman–Crippen MR) is 97.8 cm³/mol. The highest BCUT2D eigenvalue weighted by molar-refractivity contribution is 5.81. The van der Waals surface area contributed by atoms with E-state index in [0.717, 1.165) is 30.6 Å². The maximum absolute atomic E-state index is 13.2. The molecular weight excluding hydrogens is 344 g/mol. The molecule has 27 heavy (non-hydrogen) atoms. The summed E-state index contributed by atoms with van der Waals surface area (Å²) in [4.78, 5) is 15.6. The van der Waals surface area contributed by atoms with Gasteiger partial charge in [-0.25, -0.2) is 4.90 Å². The number of rotatable bonds is 2. The minimum absolute atomic E-state index is 0.0748. The fourth-order valence-electron chi connectivity index (χ4n) is 7.09. The largest absolute Gasteiger partial charge is 0.469 e. The zero-order valence-corrected chi connectivity index (χ0v) is 15.8. The number of nitrogens with zero attached hydrogens (tertiary/aromatic N) is 1. The number of para-hydroxylation sites is 1. The number of esters is 1. The maximum Gasteiger partial charge on any atom is 0.310 e. The molecule has 0 amide bonds. The lowest BCUT2D eigenvalue weighted by atomic mass is 9.48. The first kappa shape index (κ1) is 16.1. The lowest BCUT2D eigenvalue weighted by Gasteiger charge is -2.64. The van der Waals surface area contributed by atoms with E-state index in [9.17, 15) is 4.79 Å². The molecule has 5 aliphatic rings. The number of hydrogen-bond acceptors (Lipinski definition) is 6. The molecule has 3 saturated heterocycles. The fraction of sp³-hybridized carbons (Fsp3) is 0.571. The molecule has 1 spiro atoms. The van der Waals surface area contributed by atoms with Crippen molar-refractivity contribution < 1.29 is 19.0 Å². The van der Waals surface area contributed by atoms with Gasteiger partial charge in [0, 0.05) is 32.2 Å². The van der Waals surface area contributed by atoms with Crippen molar-refractivity contribution in [2.45, 2.75) is 42.9 Å². The van der Waals surface area contributed by atoms with E-state index < -0.39 is 16.9 Å². The lowest BCUT2D eigenvalue weighted by molar-refractivity contribution is -0.251. The van der Waals surface area contributed by atoms with E-state index >= 15 is 0 Å². The summed E-state index contributed by atoms with van der Waals surface area (Å²) in [6, 6.07) is 8.29. The molecular formula is C21H24N2O4. The zero-order chi connectivity index (χ0) is 18.6. The topological polar surface area (TPSA) is 60.0 Å². The van der Waals surface area contributed by atoms with Gasteiger partial charge in [0.1, 0.15) is 6.23 Å². The van der Waals surface area contributed by atoms with Crippen molar-refractivity contribution in [1.29, 1.82) is 0 Å². The predicted octanol–water partition coefficient (Wildman–Crippen LogP) is 2.22. The lowest BCUT2D eigenvalue weighted by Crippen LogP contribution is -2.80. The molecule has 6 nitrogen and oxygen atoms in total. The summed E-state index contributed by atoms with van der Waals surface area (Å²) in [7, 11) is 3.27. The van der Waals surface area contributed by atoms with Crippen molar-refractivity contribution in [1.82, 2.24) is 4.90 Å². The van der Waals surface area contributed by atoms with Crippen LogP contribution in [0.2, 0.25) is 0 Å². The van der Waals surface area contributed by atoms with Gasteiger partial charge in [0.25, 0.3) is 0 Å². The van der Waals surface area contributed by atoms with Gasteiger partial charge in [0.15, 0.2) is 11.4 Å². The average Bonchev–Trinajstić information content (AvgIpc) is 3.27. The molecule has 6 rings (SSSR count).